The van der Waals surface area contributed by atoms with Gasteiger partial charge >= 0.3 is 0 Å². The lowest BCUT2D eigenvalue weighted by Gasteiger charge is -2.20. The highest BCUT2D eigenvalue weighted by molar-refractivity contribution is 6.31. The second kappa shape index (κ2) is 7.03. The molecule has 2 aromatic carbocycles. The van der Waals surface area contributed by atoms with Gasteiger partial charge in [0, 0.05) is 21.5 Å². The first-order valence-electron chi connectivity index (χ1n) is 9.91. The van der Waals surface area contributed by atoms with Crippen LogP contribution in [0.4, 0.5) is 0 Å². The van der Waals surface area contributed by atoms with E-state index in [-0.39, 0.29) is 5.41 Å². The lowest BCUT2D eigenvalue weighted by Crippen LogP contribution is -2.11. The molecule has 0 amide bonds. The van der Waals surface area contributed by atoms with Gasteiger partial charge in [0.25, 0.3) is 0 Å². The van der Waals surface area contributed by atoms with E-state index in [0.29, 0.717) is 0 Å². The standard InChI is InChI=1S/C26H26ClNO/c1-15-7-16(2)25(17(3)8-15)23-12-19-11-22(28-14-24(19)29-23)18-9-20(26(4,5)6)13-21(27)10-18/h7-14H,1-6H3. The van der Waals surface area contributed by atoms with Crippen LogP contribution < -0.4 is 0 Å². The molecule has 0 unspecified atom stereocenters. The average molecular weight is 404 g/mol. The summed E-state index contributed by atoms with van der Waals surface area (Å²) < 4.78 is 6.16. The van der Waals surface area contributed by atoms with Crippen LogP contribution >= 0.6 is 11.6 Å². The normalized spacial score (nSPS) is 12.0. The average Bonchev–Trinajstić information content (AvgIpc) is 3.02. The minimum atomic E-state index is 0.0209. The molecule has 3 heteroatoms. The molecule has 4 aromatic rings. The van der Waals surface area contributed by atoms with Crippen molar-refractivity contribution in [2.24, 2.45) is 0 Å². The Bertz CT molecular complexity index is 1200. The number of benzene rings is 2. The maximum atomic E-state index is 6.41. The van der Waals surface area contributed by atoms with Crippen molar-refractivity contribution in [2.75, 3.05) is 0 Å². The molecule has 29 heavy (non-hydrogen) atoms. The van der Waals surface area contributed by atoms with Crippen molar-refractivity contribution in [1.82, 2.24) is 4.98 Å². The topological polar surface area (TPSA) is 26.0 Å². The van der Waals surface area contributed by atoms with Crippen molar-refractivity contribution in [3.05, 3.63) is 75.9 Å². The number of fused-ring (bicyclic) bond motifs is 1. The van der Waals surface area contributed by atoms with Crippen LogP contribution in [0.1, 0.15) is 43.0 Å². The van der Waals surface area contributed by atoms with Gasteiger partial charge in [0.15, 0.2) is 5.58 Å². The van der Waals surface area contributed by atoms with E-state index in [9.17, 15) is 0 Å². The molecule has 0 aliphatic rings. The van der Waals surface area contributed by atoms with Crippen molar-refractivity contribution in [3.63, 3.8) is 0 Å². The van der Waals surface area contributed by atoms with Gasteiger partial charge in [-0.2, -0.15) is 0 Å². The van der Waals surface area contributed by atoms with Crippen molar-refractivity contribution in [3.8, 4) is 22.6 Å². The SMILES string of the molecule is Cc1cc(C)c(-c2cc3cc(-c4cc(Cl)cc(C(C)(C)C)c4)ncc3o2)c(C)c1. The van der Waals surface area contributed by atoms with Crippen LogP contribution in [0.3, 0.4) is 0 Å². The van der Waals surface area contributed by atoms with Crippen molar-refractivity contribution < 1.29 is 4.42 Å². The van der Waals surface area contributed by atoms with E-state index in [1.54, 1.807) is 0 Å². The van der Waals surface area contributed by atoms with Crippen LogP contribution in [0.25, 0.3) is 33.6 Å². The number of halogens is 1. The number of hydrogen-bond acceptors (Lipinski definition) is 2. The zero-order valence-electron chi connectivity index (χ0n) is 17.9. The Balaban J connectivity index is 1.82. The highest BCUT2D eigenvalue weighted by Crippen LogP contribution is 2.35. The fourth-order valence-electron chi connectivity index (χ4n) is 3.97. The van der Waals surface area contributed by atoms with Gasteiger partial charge in [-0.1, -0.05) is 50.1 Å². The van der Waals surface area contributed by atoms with E-state index in [1.165, 1.54) is 22.3 Å². The zero-order chi connectivity index (χ0) is 20.9. The Hall–Kier alpha value is -2.58. The van der Waals surface area contributed by atoms with Crippen molar-refractivity contribution >= 4 is 22.6 Å². The maximum absolute atomic E-state index is 6.41. The summed E-state index contributed by atoms with van der Waals surface area (Å²) in [6.07, 6.45) is 1.81. The third-order valence-corrected chi connectivity index (χ3v) is 5.61. The fraction of sp³-hybridized carbons (Fsp3) is 0.269. The number of aryl methyl sites for hydroxylation is 3. The number of nitrogens with zero attached hydrogens (tertiary/aromatic N) is 1. The summed E-state index contributed by atoms with van der Waals surface area (Å²) in [4.78, 5) is 4.65. The van der Waals surface area contributed by atoms with Crippen LogP contribution in [-0.2, 0) is 5.41 Å². The van der Waals surface area contributed by atoms with Gasteiger partial charge in [0.05, 0.1) is 11.9 Å². The monoisotopic (exact) mass is 403 g/mol. The summed E-state index contributed by atoms with van der Waals surface area (Å²) in [6, 6.07) is 14.8. The number of rotatable bonds is 2. The van der Waals surface area contributed by atoms with Crippen molar-refractivity contribution in [1.29, 1.82) is 0 Å². The second-order valence-electron chi connectivity index (χ2n) is 8.97. The zero-order valence-corrected chi connectivity index (χ0v) is 18.6. The molecular formula is C26H26ClNO. The molecule has 0 aliphatic carbocycles. The van der Waals surface area contributed by atoms with Gasteiger partial charge in [0.1, 0.15) is 5.76 Å². The Labute approximate surface area is 177 Å². The summed E-state index contributed by atoms with van der Waals surface area (Å²) in [5.74, 6) is 0.885. The summed E-state index contributed by atoms with van der Waals surface area (Å²) >= 11 is 6.41. The smallest absolute Gasteiger partial charge is 0.153 e. The predicted molar refractivity (Wildman–Crippen MR) is 123 cm³/mol. The summed E-state index contributed by atoms with van der Waals surface area (Å²) in [5, 5.41) is 1.77. The van der Waals surface area contributed by atoms with Crippen molar-refractivity contribution in [2.45, 2.75) is 47.0 Å². The van der Waals surface area contributed by atoms with Crippen LogP contribution in [0, 0.1) is 20.8 Å². The van der Waals surface area contributed by atoms with Gasteiger partial charge in [-0.15, -0.1) is 0 Å². The Kier molecular flexibility index (Phi) is 4.78. The first kappa shape index (κ1) is 19.7. The molecule has 148 valence electrons. The van der Waals surface area contributed by atoms with E-state index in [0.717, 1.165) is 38.6 Å². The van der Waals surface area contributed by atoms with E-state index in [4.69, 9.17) is 16.0 Å². The van der Waals surface area contributed by atoms with Gasteiger partial charge in [-0.3, -0.25) is 4.98 Å². The molecule has 2 heterocycles. The highest BCUT2D eigenvalue weighted by Gasteiger charge is 2.17. The number of aromatic nitrogens is 1. The maximum Gasteiger partial charge on any atom is 0.153 e. The Morgan fingerprint density at radius 3 is 2.21 bits per heavy atom. The summed E-state index contributed by atoms with van der Waals surface area (Å²) in [7, 11) is 0. The predicted octanol–water partition coefficient (Wildman–Crippen LogP) is 8.04. The quantitative estimate of drug-likeness (QED) is 0.338. The van der Waals surface area contributed by atoms with E-state index < -0.39 is 0 Å². The van der Waals surface area contributed by atoms with E-state index in [1.807, 2.05) is 18.3 Å². The lowest BCUT2D eigenvalue weighted by atomic mass is 9.86. The van der Waals surface area contributed by atoms with Gasteiger partial charge in [-0.05, 0) is 73.2 Å². The van der Waals surface area contributed by atoms with Gasteiger partial charge < -0.3 is 4.42 Å². The second-order valence-corrected chi connectivity index (χ2v) is 9.41. The molecule has 0 fully saturated rings. The summed E-state index contributed by atoms with van der Waals surface area (Å²) in [5.41, 5.74) is 8.80. The third-order valence-electron chi connectivity index (χ3n) is 5.39. The lowest BCUT2D eigenvalue weighted by molar-refractivity contribution is 0.590. The molecule has 0 bridgehead atoms. The molecule has 2 nitrogen and oxygen atoms in total. The molecule has 0 N–H and O–H groups in total. The molecule has 0 saturated heterocycles. The first-order valence-corrected chi connectivity index (χ1v) is 10.3. The van der Waals surface area contributed by atoms with Crippen LogP contribution in [0.5, 0.6) is 0 Å². The van der Waals surface area contributed by atoms with Crippen LogP contribution in [0.15, 0.2) is 53.1 Å². The molecular weight excluding hydrogens is 378 g/mol. The molecule has 0 radical (unpaired) electrons. The molecule has 0 saturated carbocycles. The highest BCUT2D eigenvalue weighted by atomic mass is 35.5. The van der Waals surface area contributed by atoms with Crippen LogP contribution in [-0.4, -0.2) is 4.98 Å². The number of furan rings is 1. The molecule has 0 spiro atoms. The largest absolute Gasteiger partial charge is 0.454 e. The van der Waals surface area contributed by atoms with Gasteiger partial charge in [0.2, 0.25) is 0 Å². The fourth-order valence-corrected chi connectivity index (χ4v) is 4.20. The number of pyridine rings is 1. The molecule has 4 rings (SSSR count). The van der Waals surface area contributed by atoms with E-state index in [2.05, 4.69) is 76.9 Å². The minimum Gasteiger partial charge on any atom is -0.454 e. The summed E-state index contributed by atoms with van der Waals surface area (Å²) in [6.45, 7) is 12.9. The Morgan fingerprint density at radius 1 is 0.862 bits per heavy atom. The molecule has 2 aromatic heterocycles. The number of hydrogen-bond donors (Lipinski definition) is 0. The molecule has 0 aliphatic heterocycles. The van der Waals surface area contributed by atoms with Crippen LogP contribution in [0.2, 0.25) is 5.02 Å². The molecule has 0 atom stereocenters. The third kappa shape index (κ3) is 3.82. The Morgan fingerprint density at radius 2 is 1.55 bits per heavy atom. The first-order chi connectivity index (χ1) is 13.6. The van der Waals surface area contributed by atoms with E-state index >= 15 is 0 Å². The minimum absolute atomic E-state index is 0.0209. The van der Waals surface area contributed by atoms with Gasteiger partial charge in [-0.25, -0.2) is 0 Å².